The number of benzene rings is 2. The fraction of sp³-hybridized carbons (Fsp3) is 0.250. The van der Waals surface area contributed by atoms with Gasteiger partial charge in [-0.15, -0.1) is 0 Å². The normalized spacial score (nSPS) is 13.8. The molecule has 214 valence electrons. The Morgan fingerprint density at radius 1 is 1.00 bits per heavy atom. The zero-order valence-corrected chi connectivity index (χ0v) is 22.8. The minimum atomic E-state index is -1.17. The maximum Gasteiger partial charge on any atom is 0.354 e. The number of hydrogen-bond acceptors (Lipinski definition) is 5. The molecule has 3 heterocycles. The Bertz CT molecular complexity index is 1820. The molecule has 1 aliphatic rings. The van der Waals surface area contributed by atoms with Gasteiger partial charge in [0.15, 0.2) is 11.3 Å². The number of ether oxygens (including phenoxy) is 1. The number of fused-ring (bicyclic) bond motifs is 1. The molecular formula is C32H27F3N4O3. The van der Waals surface area contributed by atoms with Crippen molar-refractivity contribution >= 4 is 17.1 Å². The highest BCUT2D eigenvalue weighted by Gasteiger charge is 2.44. The lowest BCUT2D eigenvalue weighted by Crippen LogP contribution is -2.17. The van der Waals surface area contributed by atoms with Gasteiger partial charge in [-0.25, -0.2) is 28.5 Å². The number of nitrogens with zero attached hydrogens (tertiary/aromatic N) is 4. The topological polar surface area (TPSA) is 90.1 Å². The van der Waals surface area contributed by atoms with Crippen LogP contribution in [0.1, 0.15) is 45.8 Å². The highest BCUT2D eigenvalue weighted by atomic mass is 19.1. The van der Waals surface area contributed by atoms with Gasteiger partial charge in [0.1, 0.15) is 29.6 Å². The van der Waals surface area contributed by atoms with Crippen molar-refractivity contribution in [3.05, 3.63) is 107 Å². The molecule has 1 saturated carbocycles. The molecule has 42 heavy (non-hydrogen) atoms. The van der Waals surface area contributed by atoms with E-state index in [0.29, 0.717) is 40.4 Å². The monoisotopic (exact) mass is 572 g/mol. The fourth-order valence-corrected chi connectivity index (χ4v) is 4.94. The van der Waals surface area contributed by atoms with Crippen molar-refractivity contribution in [2.75, 3.05) is 6.67 Å². The van der Waals surface area contributed by atoms with E-state index in [0.717, 1.165) is 18.4 Å². The molecule has 1 N–H and O–H groups in total. The molecule has 0 bridgehead atoms. The van der Waals surface area contributed by atoms with Crippen LogP contribution in [0.2, 0.25) is 0 Å². The van der Waals surface area contributed by atoms with Crippen LogP contribution in [-0.4, -0.2) is 37.3 Å². The van der Waals surface area contributed by atoms with E-state index < -0.39 is 23.9 Å². The van der Waals surface area contributed by atoms with E-state index in [2.05, 4.69) is 15.0 Å². The molecule has 5 aromatic rings. The van der Waals surface area contributed by atoms with E-state index in [-0.39, 0.29) is 36.0 Å². The average molecular weight is 573 g/mol. The van der Waals surface area contributed by atoms with Crippen molar-refractivity contribution in [2.45, 2.75) is 39.3 Å². The van der Waals surface area contributed by atoms with Crippen molar-refractivity contribution in [2.24, 2.45) is 5.41 Å². The summed E-state index contributed by atoms with van der Waals surface area (Å²) in [6.45, 7) is 1.61. The van der Waals surface area contributed by atoms with E-state index in [4.69, 9.17) is 4.74 Å². The lowest BCUT2D eigenvalue weighted by atomic mass is 10.0. The lowest BCUT2D eigenvalue weighted by molar-refractivity contribution is 0.0690. The van der Waals surface area contributed by atoms with Crippen LogP contribution in [0, 0.1) is 24.0 Å². The van der Waals surface area contributed by atoms with Crippen molar-refractivity contribution in [3.8, 4) is 17.1 Å². The van der Waals surface area contributed by atoms with Crippen LogP contribution in [0.5, 0.6) is 5.88 Å². The standard InChI is InChI=1S/C32H27F3N4O3/c1-19-5-7-21(23(34)13-19)16-42-29-4-2-3-25(37-29)22-8-6-20(14-24(22)35)15-28-36-26-9-10-27(31(40)41)38-30(26)39(28)18-32(17-33)11-12-32/h2-10,13-14H,11-12,15-18H2,1H3,(H,40,41). The molecule has 0 amide bonds. The lowest BCUT2D eigenvalue weighted by Gasteiger charge is -2.15. The second-order valence-corrected chi connectivity index (χ2v) is 10.8. The second-order valence-electron chi connectivity index (χ2n) is 10.8. The molecule has 6 rings (SSSR count). The number of imidazole rings is 1. The van der Waals surface area contributed by atoms with Crippen molar-refractivity contribution in [1.82, 2.24) is 19.5 Å². The van der Waals surface area contributed by atoms with Crippen LogP contribution in [0.4, 0.5) is 13.2 Å². The summed E-state index contributed by atoms with van der Waals surface area (Å²) in [5, 5.41) is 9.42. The first kappa shape index (κ1) is 27.4. The van der Waals surface area contributed by atoms with Crippen LogP contribution >= 0.6 is 0 Å². The Balaban J connectivity index is 1.25. The summed E-state index contributed by atoms with van der Waals surface area (Å²) in [7, 11) is 0. The minimum Gasteiger partial charge on any atom is -0.477 e. The molecule has 0 unspecified atom stereocenters. The molecule has 1 aliphatic carbocycles. The molecule has 1 fully saturated rings. The van der Waals surface area contributed by atoms with Gasteiger partial charge in [-0.05, 0) is 67.3 Å². The molecule has 0 atom stereocenters. The SMILES string of the molecule is Cc1ccc(COc2cccc(-c3ccc(Cc4nc5ccc(C(=O)O)nc5n4CC4(CF)CC4)cc3F)n2)c(F)c1. The highest BCUT2D eigenvalue weighted by Crippen LogP contribution is 2.48. The first-order chi connectivity index (χ1) is 20.2. The van der Waals surface area contributed by atoms with Gasteiger partial charge in [-0.3, -0.25) is 4.39 Å². The number of aromatic carboxylic acids is 1. The van der Waals surface area contributed by atoms with E-state index >= 15 is 4.39 Å². The number of aromatic nitrogens is 4. The quantitative estimate of drug-likeness (QED) is 0.200. The predicted octanol–water partition coefficient (Wildman–Crippen LogP) is 6.70. The Labute approximate surface area is 239 Å². The maximum atomic E-state index is 15.4. The number of rotatable bonds is 10. The molecule has 0 radical (unpaired) electrons. The van der Waals surface area contributed by atoms with Gasteiger partial charge in [-0.2, -0.15) is 0 Å². The second kappa shape index (κ2) is 10.9. The zero-order chi connectivity index (χ0) is 29.4. The predicted molar refractivity (Wildman–Crippen MR) is 150 cm³/mol. The number of aryl methyl sites for hydroxylation is 1. The van der Waals surface area contributed by atoms with E-state index in [9.17, 15) is 18.7 Å². The van der Waals surface area contributed by atoms with Crippen LogP contribution in [-0.2, 0) is 19.6 Å². The number of halogens is 3. The average Bonchev–Trinajstić information content (AvgIpc) is 3.68. The van der Waals surface area contributed by atoms with Gasteiger partial charge in [0.2, 0.25) is 5.88 Å². The summed E-state index contributed by atoms with van der Waals surface area (Å²) in [6, 6.07) is 17.6. The Hall–Kier alpha value is -4.73. The molecule has 2 aromatic carbocycles. The first-order valence-corrected chi connectivity index (χ1v) is 13.5. The minimum absolute atomic E-state index is 0.0164. The van der Waals surface area contributed by atoms with Crippen LogP contribution < -0.4 is 4.74 Å². The Morgan fingerprint density at radius 2 is 1.83 bits per heavy atom. The van der Waals surface area contributed by atoms with Crippen molar-refractivity contribution < 1.29 is 27.8 Å². The van der Waals surface area contributed by atoms with E-state index in [1.54, 1.807) is 60.0 Å². The van der Waals surface area contributed by atoms with Gasteiger partial charge in [0.25, 0.3) is 0 Å². The first-order valence-electron chi connectivity index (χ1n) is 13.5. The molecule has 0 saturated heterocycles. The van der Waals surface area contributed by atoms with Crippen LogP contribution in [0.25, 0.3) is 22.4 Å². The number of carboxylic acid groups (broad SMARTS) is 1. The third-order valence-electron chi connectivity index (χ3n) is 7.60. The van der Waals surface area contributed by atoms with Crippen molar-refractivity contribution in [1.29, 1.82) is 0 Å². The summed E-state index contributed by atoms with van der Waals surface area (Å²) in [6.07, 6.45) is 1.68. The number of alkyl halides is 1. The summed E-state index contributed by atoms with van der Waals surface area (Å²) in [5.74, 6) is -1.25. The van der Waals surface area contributed by atoms with Gasteiger partial charge >= 0.3 is 5.97 Å². The molecule has 10 heteroatoms. The Kier molecular flexibility index (Phi) is 7.14. The van der Waals surface area contributed by atoms with Crippen LogP contribution in [0.15, 0.2) is 66.7 Å². The maximum absolute atomic E-state index is 15.4. The summed E-state index contributed by atoms with van der Waals surface area (Å²) < 4.78 is 50.9. The summed E-state index contributed by atoms with van der Waals surface area (Å²) in [5.41, 5.74) is 2.67. The highest BCUT2D eigenvalue weighted by molar-refractivity contribution is 5.88. The summed E-state index contributed by atoms with van der Waals surface area (Å²) in [4.78, 5) is 24.8. The summed E-state index contributed by atoms with van der Waals surface area (Å²) >= 11 is 0. The number of carbonyl (C=O) groups is 1. The molecule has 7 nitrogen and oxygen atoms in total. The molecule has 0 aliphatic heterocycles. The van der Waals surface area contributed by atoms with E-state index in [1.165, 1.54) is 18.2 Å². The molecular weight excluding hydrogens is 545 g/mol. The van der Waals surface area contributed by atoms with Gasteiger partial charge in [0, 0.05) is 35.6 Å². The Morgan fingerprint density at radius 3 is 2.55 bits per heavy atom. The third-order valence-corrected chi connectivity index (χ3v) is 7.60. The number of hydrogen-bond donors (Lipinski definition) is 1. The van der Waals surface area contributed by atoms with Gasteiger partial charge in [-0.1, -0.05) is 24.3 Å². The zero-order valence-electron chi connectivity index (χ0n) is 22.8. The van der Waals surface area contributed by atoms with E-state index in [1.807, 2.05) is 0 Å². The smallest absolute Gasteiger partial charge is 0.354 e. The molecule has 3 aromatic heterocycles. The number of carboxylic acids is 1. The van der Waals surface area contributed by atoms with Gasteiger partial charge < -0.3 is 14.4 Å². The number of pyridine rings is 2. The molecule has 0 spiro atoms. The third kappa shape index (κ3) is 5.57. The van der Waals surface area contributed by atoms with Crippen LogP contribution in [0.3, 0.4) is 0 Å². The fourth-order valence-electron chi connectivity index (χ4n) is 4.94. The van der Waals surface area contributed by atoms with Gasteiger partial charge in [0.05, 0.1) is 12.4 Å². The van der Waals surface area contributed by atoms with Crippen molar-refractivity contribution in [3.63, 3.8) is 0 Å². The largest absolute Gasteiger partial charge is 0.477 e.